The van der Waals surface area contributed by atoms with Crippen LogP contribution in [0.25, 0.3) is 0 Å². The maximum atomic E-state index is 11.8. The van der Waals surface area contributed by atoms with Crippen molar-refractivity contribution in [2.24, 2.45) is 0 Å². The molecule has 0 unspecified atom stereocenters. The fourth-order valence-electron chi connectivity index (χ4n) is 1.82. The van der Waals surface area contributed by atoms with Crippen molar-refractivity contribution in [2.45, 2.75) is 6.42 Å². The van der Waals surface area contributed by atoms with Crippen LogP contribution in [0, 0.1) is 0 Å². The second-order valence-corrected chi connectivity index (χ2v) is 6.00. The molecular weight excluding hydrogens is 404 g/mol. The summed E-state index contributed by atoms with van der Waals surface area (Å²) in [5, 5.41) is 0. The number of hydrogen-bond acceptors (Lipinski definition) is 5. The van der Waals surface area contributed by atoms with Gasteiger partial charge in [0.15, 0.2) is 6.61 Å². The molecule has 2 N–H and O–H groups in total. The first-order valence-electron chi connectivity index (χ1n) is 7.73. The number of nitrogens with one attached hydrogen (secondary N) is 2. The van der Waals surface area contributed by atoms with Gasteiger partial charge in [0.05, 0.1) is 13.0 Å². The van der Waals surface area contributed by atoms with Crippen LogP contribution < -0.4 is 15.6 Å². The summed E-state index contributed by atoms with van der Waals surface area (Å²) >= 11 is 3.26. The third-order valence-corrected chi connectivity index (χ3v) is 3.63. The summed E-state index contributed by atoms with van der Waals surface area (Å²) in [6.07, 6.45) is 0.00737. The largest absolute Gasteiger partial charge is 0.493 e. The van der Waals surface area contributed by atoms with E-state index in [1.54, 1.807) is 36.4 Å². The lowest BCUT2D eigenvalue weighted by atomic mass is 10.2. The smallest absolute Gasteiger partial charge is 0.309 e. The fraction of sp³-hybridized carbons (Fsp3) is 0.167. The number of ether oxygens (including phenoxy) is 2. The van der Waals surface area contributed by atoms with E-state index in [0.29, 0.717) is 11.3 Å². The Morgan fingerprint density at radius 3 is 2.31 bits per heavy atom. The van der Waals surface area contributed by atoms with Crippen molar-refractivity contribution in [3.63, 3.8) is 0 Å². The van der Waals surface area contributed by atoms with Crippen molar-refractivity contribution in [3.8, 4) is 5.75 Å². The minimum absolute atomic E-state index is 0.00737. The van der Waals surface area contributed by atoms with Gasteiger partial charge in [-0.25, -0.2) is 0 Å². The number of carbonyl (C=O) groups excluding carboxylic acids is 3. The van der Waals surface area contributed by atoms with Gasteiger partial charge >= 0.3 is 5.97 Å². The Bertz CT molecular complexity index is 750. The second-order valence-electron chi connectivity index (χ2n) is 5.08. The second kappa shape index (κ2) is 10.2. The molecule has 7 nitrogen and oxygen atoms in total. The summed E-state index contributed by atoms with van der Waals surface area (Å²) in [6.45, 7) is -0.352. The van der Waals surface area contributed by atoms with Crippen molar-refractivity contribution in [1.82, 2.24) is 10.9 Å². The van der Waals surface area contributed by atoms with Gasteiger partial charge in [0, 0.05) is 10.0 Å². The summed E-state index contributed by atoms with van der Waals surface area (Å²) in [6, 6.07) is 15.6. The quantitative estimate of drug-likeness (QED) is 0.528. The molecule has 0 radical (unpaired) electrons. The predicted octanol–water partition coefficient (Wildman–Crippen LogP) is 2.22. The summed E-state index contributed by atoms with van der Waals surface area (Å²) < 4.78 is 11.0. The van der Waals surface area contributed by atoms with Gasteiger partial charge in [0.2, 0.25) is 0 Å². The van der Waals surface area contributed by atoms with Crippen molar-refractivity contribution < 1.29 is 23.9 Å². The number of halogens is 1. The third-order valence-electron chi connectivity index (χ3n) is 3.10. The first-order valence-corrected chi connectivity index (χ1v) is 8.52. The van der Waals surface area contributed by atoms with E-state index in [1.807, 2.05) is 18.2 Å². The SMILES string of the molecule is O=C(COC(=O)CCOc1ccccc1)NNC(=O)c1ccc(Br)cc1. The van der Waals surface area contributed by atoms with Crippen LogP contribution in [0.2, 0.25) is 0 Å². The van der Waals surface area contributed by atoms with Gasteiger partial charge in [-0.2, -0.15) is 0 Å². The van der Waals surface area contributed by atoms with Gasteiger partial charge in [-0.15, -0.1) is 0 Å². The molecule has 0 fully saturated rings. The Hall–Kier alpha value is -2.87. The van der Waals surface area contributed by atoms with Crippen LogP contribution in [-0.2, 0) is 14.3 Å². The molecule has 2 rings (SSSR count). The van der Waals surface area contributed by atoms with E-state index in [-0.39, 0.29) is 13.0 Å². The van der Waals surface area contributed by atoms with Crippen LogP contribution in [0.15, 0.2) is 59.1 Å². The zero-order valence-corrected chi connectivity index (χ0v) is 15.3. The molecule has 0 spiro atoms. The van der Waals surface area contributed by atoms with Crippen molar-refractivity contribution in [2.75, 3.05) is 13.2 Å². The van der Waals surface area contributed by atoms with Gasteiger partial charge in [-0.05, 0) is 36.4 Å². The van der Waals surface area contributed by atoms with Gasteiger partial charge < -0.3 is 9.47 Å². The Balaban J connectivity index is 1.61. The lowest BCUT2D eigenvalue weighted by molar-refractivity contribution is -0.149. The number of hydrazine groups is 1. The van der Waals surface area contributed by atoms with Crippen molar-refractivity contribution >= 4 is 33.7 Å². The standard InChI is InChI=1S/C18H17BrN2O5/c19-14-8-6-13(7-9-14)18(24)21-20-16(22)12-26-17(23)10-11-25-15-4-2-1-3-5-15/h1-9H,10-12H2,(H,20,22)(H,21,24). The zero-order chi connectivity index (χ0) is 18.8. The number of rotatable bonds is 7. The molecule has 0 atom stereocenters. The van der Waals surface area contributed by atoms with Crippen LogP contribution in [0.3, 0.4) is 0 Å². The number of amides is 2. The van der Waals surface area contributed by atoms with E-state index in [4.69, 9.17) is 9.47 Å². The molecule has 0 bridgehead atoms. The molecule has 26 heavy (non-hydrogen) atoms. The number of carbonyl (C=O) groups is 3. The summed E-state index contributed by atoms with van der Waals surface area (Å²) in [5.74, 6) is -1.05. The van der Waals surface area contributed by atoms with Gasteiger partial charge in [-0.1, -0.05) is 34.1 Å². The predicted molar refractivity (Wildman–Crippen MR) is 97.3 cm³/mol. The molecule has 8 heteroatoms. The van der Waals surface area contributed by atoms with E-state index in [9.17, 15) is 14.4 Å². The van der Waals surface area contributed by atoms with E-state index in [2.05, 4.69) is 26.8 Å². The molecule has 0 saturated carbocycles. The Morgan fingerprint density at radius 1 is 0.923 bits per heavy atom. The Labute approximate surface area is 158 Å². The van der Waals surface area contributed by atoms with E-state index in [0.717, 1.165) is 4.47 Å². The van der Waals surface area contributed by atoms with E-state index >= 15 is 0 Å². The van der Waals surface area contributed by atoms with Gasteiger partial charge in [0.1, 0.15) is 5.75 Å². The van der Waals surface area contributed by atoms with Crippen LogP contribution >= 0.6 is 15.9 Å². The molecule has 2 aromatic carbocycles. The van der Waals surface area contributed by atoms with Crippen LogP contribution in [0.1, 0.15) is 16.8 Å². The van der Waals surface area contributed by atoms with E-state index < -0.39 is 24.4 Å². The van der Waals surface area contributed by atoms with Crippen LogP contribution in [0.4, 0.5) is 0 Å². The van der Waals surface area contributed by atoms with Gasteiger partial charge in [-0.3, -0.25) is 25.2 Å². The number of para-hydroxylation sites is 1. The maximum absolute atomic E-state index is 11.8. The Kier molecular flexibility index (Phi) is 7.63. The summed E-state index contributed by atoms with van der Waals surface area (Å²) in [4.78, 5) is 35.0. The molecular formula is C18H17BrN2O5. The van der Waals surface area contributed by atoms with E-state index in [1.165, 1.54) is 0 Å². The first-order chi connectivity index (χ1) is 12.5. The average molecular weight is 421 g/mol. The normalized spacial score (nSPS) is 9.88. The minimum atomic E-state index is -0.646. The fourth-order valence-corrected chi connectivity index (χ4v) is 2.09. The molecule has 0 aliphatic rings. The molecule has 0 aliphatic carbocycles. The van der Waals surface area contributed by atoms with Gasteiger partial charge in [0.25, 0.3) is 11.8 Å². The number of esters is 1. The highest BCUT2D eigenvalue weighted by molar-refractivity contribution is 9.10. The van der Waals surface area contributed by atoms with Crippen molar-refractivity contribution in [3.05, 3.63) is 64.6 Å². The van der Waals surface area contributed by atoms with Crippen LogP contribution in [-0.4, -0.2) is 31.0 Å². The number of hydrogen-bond donors (Lipinski definition) is 2. The maximum Gasteiger partial charge on any atom is 0.309 e. The summed E-state index contributed by atoms with van der Waals surface area (Å²) in [7, 11) is 0. The average Bonchev–Trinajstić information content (AvgIpc) is 2.66. The first kappa shape index (κ1) is 19.5. The molecule has 0 saturated heterocycles. The molecule has 136 valence electrons. The molecule has 2 amide bonds. The minimum Gasteiger partial charge on any atom is -0.493 e. The summed E-state index contributed by atoms with van der Waals surface area (Å²) in [5.41, 5.74) is 4.79. The lowest BCUT2D eigenvalue weighted by Gasteiger charge is -2.09. The number of benzene rings is 2. The zero-order valence-electron chi connectivity index (χ0n) is 13.7. The van der Waals surface area contributed by atoms with Crippen LogP contribution in [0.5, 0.6) is 5.75 Å². The molecule has 0 aromatic heterocycles. The topological polar surface area (TPSA) is 93.7 Å². The molecule has 0 heterocycles. The highest BCUT2D eigenvalue weighted by Gasteiger charge is 2.10. The third kappa shape index (κ3) is 6.94. The highest BCUT2D eigenvalue weighted by Crippen LogP contribution is 2.10. The lowest BCUT2D eigenvalue weighted by Crippen LogP contribution is -2.43. The molecule has 2 aromatic rings. The Morgan fingerprint density at radius 2 is 1.62 bits per heavy atom. The monoisotopic (exact) mass is 420 g/mol. The van der Waals surface area contributed by atoms with Crippen molar-refractivity contribution in [1.29, 1.82) is 0 Å². The highest BCUT2D eigenvalue weighted by atomic mass is 79.9. The molecule has 0 aliphatic heterocycles.